The fourth-order valence-electron chi connectivity index (χ4n) is 8.43. The molecule has 1 aromatic rings. The Morgan fingerprint density at radius 1 is 1.08 bits per heavy atom. The number of hydrogen-bond acceptors (Lipinski definition) is 11. The van der Waals surface area contributed by atoms with E-state index in [2.05, 4.69) is 0 Å². The molecule has 2 saturated heterocycles. The van der Waals surface area contributed by atoms with Crippen LogP contribution in [0.4, 0.5) is 0 Å². The van der Waals surface area contributed by atoms with Gasteiger partial charge in [0.2, 0.25) is 0 Å². The van der Waals surface area contributed by atoms with Crippen LogP contribution in [-0.4, -0.2) is 135 Å². The fraction of sp³-hybridized carbons (Fsp3) is 0.795. The Balaban J connectivity index is 2.18. The minimum Gasteiger partial charge on any atom is -0.478 e. The van der Waals surface area contributed by atoms with Crippen LogP contribution in [0.15, 0.2) is 18.2 Å². The molecule has 0 unspecified atom stereocenters. The Morgan fingerprint density at radius 3 is 2.25 bits per heavy atom. The van der Waals surface area contributed by atoms with E-state index in [-0.39, 0.29) is 36.5 Å². The number of aryl methyl sites for hydroxylation is 1. The summed E-state index contributed by atoms with van der Waals surface area (Å²) in [6.45, 7) is 16.2. The maximum Gasteiger partial charge on any atom is 0.335 e. The zero-order valence-electron chi connectivity index (χ0n) is 32.9. The van der Waals surface area contributed by atoms with Crippen molar-refractivity contribution in [2.45, 2.75) is 154 Å². The number of carbonyl (C=O) groups excluding carboxylic acids is 1. The van der Waals surface area contributed by atoms with Crippen LogP contribution in [0.25, 0.3) is 0 Å². The van der Waals surface area contributed by atoms with Gasteiger partial charge in [-0.2, -0.15) is 0 Å². The third kappa shape index (κ3) is 9.69. The summed E-state index contributed by atoms with van der Waals surface area (Å²) in [5.41, 5.74) is -1.69. The second-order valence-corrected chi connectivity index (χ2v) is 16.2. The predicted octanol–water partition coefficient (Wildman–Crippen LogP) is 3.66. The highest BCUT2D eigenvalue weighted by atomic mass is 16.7. The molecule has 2 heterocycles. The van der Waals surface area contributed by atoms with Crippen molar-refractivity contribution in [3.63, 3.8) is 0 Å². The summed E-state index contributed by atoms with van der Waals surface area (Å²) >= 11 is 0. The Labute approximate surface area is 305 Å². The van der Waals surface area contributed by atoms with Gasteiger partial charge in [-0.3, -0.25) is 4.79 Å². The van der Waals surface area contributed by atoms with Crippen LogP contribution < -0.4 is 0 Å². The van der Waals surface area contributed by atoms with Crippen molar-refractivity contribution >= 4 is 11.9 Å². The molecule has 0 amide bonds. The molecule has 1 aromatic carbocycles. The van der Waals surface area contributed by atoms with E-state index >= 15 is 0 Å². The number of aliphatic hydroxyl groups excluding tert-OH is 2. The number of benzene rings is 1. The number of aliphatic hydroxyl groups is 4. The molecule has 2 fully saturated rings. The number of carboxylic acid groups (broad SMARTS) is 1. The van der Waals surface area contributed by atoms with Crippen LogP contribution in [0.5, 0.6) is 0 Å². The van der Waals surface area contributed by atoms with E-state index < -0.39 is 77.6 Å². The second kappa shape index (κ2) is 17.3. The van der Waals surface area contributed by atoms with E-state index in [4.69, 9.17) is 14.2 Å². The van der Waals surface area contributed by atoms with Crippen LogP contribution in [0, 0.1) is 17.8 Å². The number of rotatable bonds is 7. The zero-order chi connectivity index (χ0) is 38.7. The first-order valence-corrected chi connectivity index (χ1v) is 18.6. The molecule has 0 saturated carbocycles. The average molecular weight is 723 g/mol. The highest BCUT2D eigenvalue weighted by molar-refractivity contribution is 5.89. The number of nitrogens with zero attached hydrogens (tertiary/aromatic N) is 2. The molecule has 0 radical (unpaired) electrons. The van der Waals surface area contributed by atoms with Gasteiger partial charge >= 0.3 is 11.9 Å². The van der Waals surface area contributed by atoms with Gasteiger partial charge < -0.3 is 49.5 Å². The van der Waals surface area contributed by atoms with E-state index in [0.717, 1.165) is 5.56 Å². The van der Waals surface area contributed by atoms with Crippen molar-refractivity contribution in [2.24, 2.45) is 17.8 Å². The lowest BCUT2D eigenvalue weighted by Crippen LogP contribution is -2.59. The minimum absolute atomic E-state index is 0.142. The van der Waals surface area contributed by atoms with Crippen LogP contribution in [0.1, 0.15) is 109 Å². The van der Waals surface area contributed by atoms with Gasteiger partial charge in [-0.05, 0) is 105 Å². The van der Waals surface area contributed by atoms with Crippen LogP contribution >= 0.6 is 0 Å². The van der Waals surface area contributed by atoms with E-state index in [1.807, 2.05) is 63.8 Å². The normalized spacial score (nSPS) is 41.1. The molecule has 2 aliphatic heterocycles. The number of carboxylic acids is 1. The minimum atomic E-state index is -1.79. The van der Waals surface area contributed by atoms with Crippen molar-refractivity contribution in [1.82, 2.24) is 9.80 Å². The lowest BCUT2D eigenvalue weighted by atomic mass is 9.77. The highest BCUT2D eigenvalue weighted by Crippen LogP contribution is 2.42. The van der Waals surface area contributed by atoms with Gasteiger partial charge in [-0.25, -0.2) is 4.79 Å². The summed E-state index contributed by atoms with van der Waals surface area (Å²) in [4.78, 5) is 30.2. The highest BCUT2D eigenvalue weighted by Gasteiger charge is 2.50. The fourth-order valence-corrected chi connectivity index (χ4v) is 8.43. The van der Waals surface area contributed by atoms with Crippen molar-refractivity contribution in [2.75, 3.05) is 27.7 Å². The maximum atomic E-state index is 13.6. The number of aromatic carboxylic acids is 1. The monoisotopic (exact) mass is 722 g/mol. The Morgan fingerprint density at radius 2 is 1.71 bits per heavy atom. The van der Waals surface area contributed by atoms with Crippen molar-refractivity contribution in [1.29, 1.82) is 0 Å². The van der Waals surface area contributed by atoms with Gasteiger partial charge in [-0.15, -0.1) is 0 Å². The molecule has 0 bridgehead atoms. The molecule has 0 aliphatic carbocycles. The zero-order valence-corrected chi connectivity index (χ0v) is 32.9. The van der Waals surface area contributed by atoms with Crippen LogP contribution in [0.3, 0.4) is 0 Å². The molecular formula is C39H66N2O10. The van der Waals surface area contributed by atoms with Gasteiger partial charge in [0.1, 0.15) is 17.8 Å². The van der Waals surface area contributed by atoms with Crippen molar-refractivity contribution < 1.29 is 49.3 Å². The van der Waals surface area contributed by atoms with Gasteiger partial charge in [-0.1, -0.05) is 39.8 Å². The molecule has 12 nitrogen and oxygen atoms in total. The number of esters is 1. The lowest BCUT2D eigenvalue weighted by molar-refractivity contribution is -0.275. The summed E-state index contributed by atoms with van der Waals surface area (Å²) in [6.07, 6.45) is -4.33. The molecule has 292 valence electrons. The molecule has 14 atom stereocenters. The number of carbonyl (C=O) groups is 2. The smallest absolute Gasteiger partial charge is 0.335 e. The summed E-state index contributed by atoms with van der Waals surface area (Å²) in [7, 11) is 5.71. The van der Waals surface area contributed by atoms with Gasteiger partial charge in [0, 0.05) is 24.5 Å². The molecule has 0 spiro atoms. The molecule has 5 N–H and O–H groups in total. The van der Waals surface area contributed by atoms with Gasteiger partial charge in [0.15, 0.2) is 6.29 Å². The number of ether oxygens (including phenoxy) is 3. The standard InChI is InChI=1S/C39H66N2O10/c1-13-26-15-16-27(35(44)45)28(18-26)31-29(40(10)11)17-22(4)49-37(31)51-34-23(5)32(42)24(6)36(46)50-30(14-2)39(9,48)33(43)25(7)41(12)20-21(3)19-38(34,8)47/h15-16,18,21-25,29-34,37,42-43,47-48H,13-14,17,19-20H2,1-12H3,(H,44,45)/t21-,22-,23+,24-,25-,29+,30-,31-,32+,33-,34-,37+,38-,39-/m1/s1. The number of cyclic esters (lactones) is 1. The third-order valence-corrected chi connectivity index (χ3v) is 11.6. The summed E-state index contributed by atoms with van der Waals surface area (Å²) in [5, 5.41) is 57.4. The second-order valence-electron chi connectivity index (χ2n) is 16.2. The van der Waals surface area contributed by atoms with Crippen molar-refractivity contribution in [3.05, 3.63) is 34.9 Å². The van der Waals surface area contributed by atoms with Crippen LogP contribution in [-0.2, 0) is 25.4 Å². The first-order chi connectivity index (χ1) is 23.6. The third-order valence-electron chi connectivity index (χ3n) is 11.6. The summed E-state index contributed by atoms with van der Waals surface area (Å²) < 4.78 is 19.2. The molecule has 2 aliphatic rings. The van der Waals surface area contributed by atoms with Crippen LogP contribution in [0.2, 0.25) is 0 Å². The average Bonchev–Trinajstić information content (AvgIpc) is 3.05. The quantitative estimate of drug-likeness (QED) is 0.260. The number of hydrogen-bond donors (Lipinski definition) is 5. The van der Waals surface area contributed by atoms with E-state index in [0.29, 0.717) is 24.9 Å². The predicted molar refractivity (Wildman–Crippen MR) is 194 cm³/mol. The first kappa shape index (κ1) is 43.2. The Kier molecular flexibility index (Phi) is 14.7. The lowest BCUT2D eigenvalue weighted by Gasteiger charge is -2.48. The molecule has 51 heavy (non-hydrogen) atoms. The number of likely N-dealkylation sites (N-methyl/N-ethyl adjacent to an activating group) is 2. The van der Waals surface area contributed by atoms with E-state index in [1.54, 1.807) is 33.8 Å². The Hall–Kier alpha value is -2.16. The van der Waals surface area contributed by atoms with Gasteiger partial charge in [0.05, 0.1) is 41.3 Å². The molecule has 3 rings (SSSR count). The summed E-state index contributed by atoms with van der Waals surface area (Å²) in [5.74, 6) is -4.50. The molecular weight excluding hydrogens is 656 g/mol. The molecule has 12 heteroatoms. The Bertz CT molecular complexity index is 1320. The SMILES string of the molecule is CCc1ccc(C(=O)O)c([C@H]2[C@H](O[C@@H]3[C@@H](C)[C@H](O)[C@@H](C)C(=O)O[C@H](CC)[C@@](C)(O)[C@H](O)[C@@H](C)N(C)C[C@H](C)C[C@@]3(C)O)O[C@H](C)C[C@@H]2N(C)C)c1. The summed E-state index contributed by atoms with van der Waals surface area (Å²) in [6, 6.07) is 4.60. The topological polar surface area (TPSA) is 169 Å². The van der Waals surface area contributed by atoms with E-state index in [9.17, 15) is 35.1 Å². The van der Waals surface area contributed by atoms with Crippen molar-refractivity contribution in [3.8, 4) is 0 Å². The first-order valence-electron chi connectivity index (χ1n) is 18.6. The largest absolute Gasteiger partial charge is 0.478 e. The van der Waals surface area contributed by atoms with E-state index in [1.165, 1.54) is 13.8 Å². The maximum absolute atomic E-state index is 13.6. The molecule has 0 aromatic heterocycles. The van der Waals surface area contributed by atoms with Gasteiger partial charge in [0.25, 0.3) is 0 Å².